The fourth-order valence-electron chi connectivity index (χ4n) is 2.68. The van der Waals surface area contributed by atoms with Gasteiger partial charge in [0.15, 0.2) is 5.69 Å². The molecule has 10 nitrogen and oxygen atoms in total. The smallest absolute Gasteiger partial charge is 0.274 e. The first-order valence-electron chi connectivity index (χ1n) is 9.64. The number of carbonyl (C=O) groups excluding carboxylic acids is 3. The molecule has 0 aliphatic heterocycles. The van der Waals surface area contributed by atoms with E-state index in [1.807, 2.05) is 19.0 Å². The molecule has 0 radical (unpaired) electrons. The van der Waals surface area contributed by atoms with Gasteiger partial charge in [-0.15, -0.1) is 0 Å². The van der Waals surface area contributed by atoms with Crippen LogP contribution >= 0.6 is 11.6 Å². The summed E-state index contributed by atoms with van der Waals surface area (Å²) in [6.45, 7) is 1.08. The maximum Gasteiger partial charge on any atom is 0.274 e. The van der Waals surface area contributed by atoms with Crippen molar-refractivity contribution in [3.8, 4) is 0 Å². The van der Waals surface area contributed by atoms with Crippen LogP contribution in [0.4, 0.5) is 11.5 Å². The summed E-state index contributed by atoms with van der Waals surface area (Å²) < 4.78 is 0. The Labute approximate surface area is 189 Å². The topological polar surface area (TPSA) is 132 Å². The fraction of sp³-hybridized carbons (Fsp3) is 0.190. The first-order chi connectivity index (χ1) is 15.3. The maximum atomic E-state index is 12.6. The number of anilines is 2. The molecule has 0 unspecified atom stereocenters. The van der Waals surface area contributed by atoms with Gasteiger partial charge in [-0.2, -0.15) is 0 Å². The zero-order chi connectivity index (χ0) is 23.1. The van der Waals surface area contributed by atoms with Crippen LogP contribution in [0, 0.1) is 0 Å². The third-order valence-electron chi connectivity index (χ3n) is 4.31. The Hall–Kier alpha value is -3.76. The zero-order valence-electron chi connectivity index (χ0n) is 17.5. The Bertz CT molecular complexity index is 1110. The summed E-state index contributed by atoms with van der Waals surface area (Å²) in [6, 6.07) is 9.76. The Morgan fingerprint density at radius 1 is 1.00 bits per heavy atom. The van der Waals surface area contributed by atoms with Crippen molar-refractivity contribution in [2.45, 2.75) is 0 Å². The molecule has 0 spiro atoms. The molecule has 0 aliphatic rings. The van der Waals surface area contributed by atoms with Crippen LogP contribution < -0.4 is 16.0 Å². The molecule has 3 aromatic rings. The van der Waals surface area contributed by atoms with Gasteiger partial charge in [-0.1, -0.05) is 23.7 Å². The second kappa shape index (κ2) is 10.5. The lowest BCUT2D eigenvalue weighted by molar-refractivity contribution is 0.0933. The highest BCUT2D eigenvalue weighted by molar-refractivity contribution is 6.34. The van der Waals surface area contributed by atoms with Crippen molar-refractivity contribution in [2.24, 2.45) is 0 Å². The minimum Gasteiger partial charge on any atom is -0.349 e. The number of aromatic nitrogens is 3. The van der Waals surface area contributed by atoms with Gasteiger partial charge in [0.2, 0.25) is 0 Å². The average molecular weight is 456 g/mol. The summed E-state index contributed by atoms with van der Waals surface area (Å²) in [4.78, 5) is 49.9. The van der Waals surface area contributed by atoms with Crippen LogP contribution in [0.15, 0.2) is 48.9 Å². The lowest BCUT2D eigenvalue weighted by Gasteiger charge is -2.10. The first kappa shape index (κ1) is 22.9. The van der Waals surface area contributed by atoms with E-state index in [0.717, 1.165) is 0 Å². The summed E-state index contributed by atoms with van der Waals surface area (Å²) in [5.41, 5.74) is 0.726. The number of hydrogen-bond donors (Lipinski definition) is 4. The number of halogens is 1. The highest BCUT2D eigenvalue weighted by Crippen LogP contribution is 2.17. The highest BCUT2D eigenvalue weighted by atomic mass is 35.5. The van der Waals surface area contributed by atoms with E-state index in [2.05, 4.69) is 30.9 Å². The van der Waals surface area contributed by atoms with E-state index in [1.165, 1.54) is 18.6 Å². The van der Waals surface area contributed by atoms with Crippen molar-refractivity contribution < 1.29 is 14.4 Å². The molecule has 3 amide bonds. The van der Waals surface area contributed by atoms with E-state index in [0.29, 0.717) is 29.4 Å². The van der Waals surface area contributed by atoms with Gasteiger partial charge in [0, 0.05) is 13.1 Å². The number of benzene rings is 1. The zero-order valence-corrected chi connectivity index (χ0v) is 18.2. The van der Waals surface area contributed by atoms with Crippen LogP contribution in [0.3, 0.4) is 0 Å². The molecule has 1 aromatic carbocycles. The second-order valence-electron chi connectivity index (χ2n) is 7.01. The molecule has 0 atom stereocenters. The predicted octanol–water partition coefficient (Wildman–Crippen LogP) is 2.25. The number of aromatic amines is 1. The lowest BCUT2D eigenvalue weighted by Crippen LogP contribution is -2.32. The molecule has 3 rings (SSSR count). The van der Waals surface area contributed by atoms with Crippen molar-refractivity contribution in [1.29, 1.82) is 0 Å². The van der Waals surface area contributed by atoms with Crippen molar-refractivity contribution >= 4 is 40.8 Å². The molecule has 0 saturated carbocycles. The maximum absolute atomic E-state index is 12.6. The summed E-state index contributed by atoms with van der Waals surface area (Å²) in [5, 5.41) is 8.32. The number of amides is 3. The molecule has 166 valence electrons. The van der Waals surface area contributed by atoms with Crippen molar-refractivity contribution in [2.75, 3.05) is 37.8 Å². The third-order valence-corrected chi connectivity index (χ3v) is 4.64. The number of rotatable bonds is 8. The number of imidazole rings is 1. The van der Waals surface area contributed by atoms with Crippen LogP contribution in [-0.4, -0.2) is 64.8 Å². The molecule has 32 heavy (non-hydrogen) atoms. The van der Waals surface area contributed by atoms with E-state index < -0.39 is 17.7 Å². The first-order valence-corrected chi connectivity index (χ1v) is 10.0. The number of likely N-dealkylation sites (N-methyl/N-ethyl adjacent to an activating group) is 1. The molecule has 2 heterocycles. The number of nitrogens with one attached hydrogen (secondary N) is 4. The van der Waals surface area contributed by atoms with E-state index in [9.17, 15) is 14.4 Å². The van der Waals surface area contributed by atoms with Gasteiger partial charge in [0.25, 0.3) is 17.7 Å². The van der Waals surface area contributed by atoms with Gasteiger partial charge >= 0.3 is 0 Å². The molecule has 0 fully saturated rings. The Morgan fingerprint density at radius 3 is 2.47 bits per heavy atom. The normalized spacial score (nSPS) is 10.6. The standard InChI is InChI=1S/C21H22ClN7O3/c1-29(2)10-9-23-20(31)17-18(26-12-25-17)21(32)27-13-7-8-16(24-11-13)28-19(30)14-5-3-4-6-15(14)22/h3-8,11-12H,9-10H2,1-2H3,(H,23,31)(H,25,26)(H,27,32)(H,24,28,30). The van der Waals surface area contributed by atoms with E-state index in [4.69, 9.17) is 11.6 Å². The van der Waals surface area contributed by atoms with Gasteiger partial charge in [0.1, 0.15) is 11.5 Å². The molecule has 0 bridgehead atoms. The largest absolute Gasteiger partial charge is 0.349 e. The average Bonchev–Trinajstić information content (AvgIpc) is 3.25. The van der Waals surface area contributed by atoms with E-state index >= 15 is 0 Å². The van der Waals surface area contributed by atoms with Crippen molar-refractivity contribution in [3.63, 3.8) is 0 Å². The molecular weight excluding hydrogens is 434 g/mol. The molecule has 0 aliphatic carbocycles. The number of nitrogens with zero attached hydrogens (tertiary/aromatic N) is 3. The van der Waals surface area contributed by atoms with Crippen LogP contribution in [0.2, 0.25) is 5.02 Å². The number of pyridine rings is 1. The Kier molecular flexibility index (Phi) is 7.53. The van der Waals surface area contributed by atoms with Gasteiger partial charge in [-0.25, -0.2) is 9.97 Å². The van der Waals surface area contributed by atoms with E-state index in [-0.39, 0.29) is 17.2 Å². The minimum atomic E-state index is -0.546. The Balaban J connectivity index is 1.61. The van der Waals surface area contributed by atoms with Crippen LogP contribution in [0.1, 0.15) is 31.3 Å². The van der Waals surface area contributed by atoms with Gasteiger partial charge in [-0.05, 0) is 38.4 Å². The summed E-state index contributed by atoms with van der Waals surface area (Å²) in [7, 11) is 3.78. The predicted molar refractivity (Wildman–Crippen MR) is 121 cm³/mol. The van der Waals surface area contributed by atoms with Gasteiger partial charge < -0.3 is 25.8 Å². The number of hydrogen-bond acceptors (Lipinski definition) is 6. The molecule has 4 N–H and O–H groups in total. The molecular formula is C21H22ClN7O3. The quantitative estimate of drug-likeness (QED) is 0.412. The molecule has 11 heteroatoms. The number of H-pyrrole nitrogens is 1. The fourth-order valence-corrected chi connectivity index (χ4v) is 2.90. The van der Waals surface area contributed by atoms with Crippen LogP contribution in [0.5, 0.6) is 0 Å². The summed E-state index contributed by atoms with van der Waals surface area (Å²) >= 11 is 6.03. The monoisotopic (exact) mass is 455 g/mol. The summed E-state index contributed by atoms with van der Waals surface area (Å²) in [5.74, 6) is -1.11. The highest BCUT2D eigenvalue weighted by Gasteiger charge is 2.20. The second-order valence-corrected chi connectivity index (χ2v) is 7.41. The lowest BCUT2D eigenvalue weighted by atomic mass is 10.2. The van der Waals surface area contributed by atoms with Gasteiger partial charge in [-0.3, -0.25) is 14.4 Å². The minimum absolute atomic E-state index is 0.00200. The van der Waals surface area contributed by atoms with Crippen LogP contribution in [-0.2, 0) is 0 Å². The summed E-state index contributed by atoms with van der Waals surface area (Å²) in [6.07, 6.45) is 2.66. The molecule has 0 saturated heterocycles. The SMILES string of the molecule is CN(C)CCNC(=O)c1nc[nH]c1C(=O)Nc1ccc(NC(=O)c2ccccc2Cl)nc1. The Morgan fingerprint density at radius 2 is 1.78 bits per heavy atom. The van der Waals surface area contributed by atoms with Crippen LogP contribution in [0.25, 0.3) is 0 Å². The number of carbonyl (C=O) groups is 3. The van der Waals surface area contributed by atoms with Gasteiger partial charge in [0.05, 0.1) is 28.8 Å². The molecule has 2 aromatic heterocycles. The van der Waals surface area contributed by atoms with Crippen molar-refractivity contribution in [3.05, 3.63) is 70.9 Å². The third kappa shape index (κ3) is 5.90. The van der Waals surface area contributed by atoms with E-state index in [1.54, 1.807) is 30.3 Å². The van der Waals surface area contributed by atoms with Crippen molar-refractivity contribution in [1.82, 2.24) is 25.2 Å².